The Morgan fingerprint density at radius 3 is 2.26 bits per heavy atom. The molecule has 0 saturated heterocycles. The summed E-state index contributed by atoms with van der Waals surface area (Å²) in [5, 5.41) is 45.5. The number of ketones is 2. The molecule has 1 aromatic carbocycles. The molecule has 1 amide bonds. The van der Waals surface area contributed by atoms with Gasteiger partial charge in [-0.3, -0.25) is 24.2 Å². The Morgan fingerprint density at radius 2 is 1.74 bits per heavy atom. The van der Waals surface area contributed by atoms with Crippen LogP contribution in [0.15, 0.2) is 28.7 Å². The molecule has 0 aliphatic heterocycles. The summed E-state index contributed by atoms with van der Waals surface area (Å²) in [4.78, 5) is 44.3. The molecule has 0 radical (unpaired) electrons. The van der Waals surface area contributed by atoms with Gasteiger partial charge in [-0.15, -0.1) is 0 Å². The lowest BCUT2D eigenvalue weighted by molar-refractivity contribution is -0.148. The Morgan fingerprint density at radius 1 is 1.14 bits per heavy atom. The van der Waals surface area contributed by atoms with E-state index in [2.05, 4.69) is 0 Å². The van der Waals surface area contributed by atoms with Crippen LogP contribution in [-0.4, -0.2) is 107 Å². The van der Waals surface area contributed by atoms with E-state index in [9.17, 15) is 48.0 Å². The standard InChI is InChI=1S/C29H37F3N4O7/c1-12(10-28(30,31)32)36(6)11-14-9-17(34(2)3)15-7-13-8-16-21(35(4)5)24(39)20(27(33)42)26(41)29(16,43)25(40)18(13)23(38)19(15)22(14)37/h9,12-13,16,21,37,39-40,43H,7-8,10-11H2,1-6H3,(H2,33,42). The van der Waals surface area contributed by atoms with Crippen LogP contribution in [0.25, 0.3) is 0 Å². The van der Waals surface area contributed by atoms with Crippen molar-refractivity contribution < 1.29 is 48.0 Å². The van der Waals surface area contributed by atoms with Gasteiger partial charge in [0.15, 0.2) is 11.4 Å². The van der Waals surface area contributed by atoms with Gasteiger partial charge in [0.2, 0.25) is 5.78 Å². The average molecular weight is 611 g/mol. The number of Topliss-reactive ketones (excluding diaryl/α,β-unsaturated/α-hetero) is 2. The summed E-state index contributed by atoms with van der Waals surface area (Å²) in [5.74, 6) is -7.55. The van der Waals surface area contributed by atoms with Crippen molar-refractivity contribution in [2.45, 2.75) is 56.6 Å². The van der Waals surface area contributed by atoms with E-state index in [-0.39, 0.29) is 36.1 Å². The number of aliphatic hydroxyl groups is 3. The van der Waals surface area contributed by atoms with Gasteiger partial charge in [-0.1, -0.05) is 0 Å². The number of halogens is 3. The van der Waals surface area contributed by atoms with Crippen molar-refractivity contribution >= 4 is 23.2 Å². The maximum atomic E-state index is 14.1. The number of likely N-dealkylation sites (N-methyl/N-ethyl adjacent to an activating group) is 1. The minimum Gasteiger partial charge on any atom is -0.510 e. The number of primary amides is 1. The molecule has 6 N–H and O–H groups in total. The number of benzene rings is 1. The molecule has 3 aliphatic carbocycles. The van der Waals surface area contributed by atoms with Crippen molar-refractivity contribution in [1.82, 2.24) is 9.80 Å². The number of allylic oxidation sites excluding steroid dienone is 1. The molecule has 3 aliphatic rings. The molecule has 236 valence electrons. The SMILES string of the molecule is CC(CC(F)(F)F)N(C)Cc1cc(N(C)C)c2c(c1O)C(=O)C1=C(O)C3(O)C(=O)C(C(N)=O)=C(O)C(N(C)C)C3CC1C2. The molecule has 0 spiro atoms. The fourth-order valence-electron chi connectivity index (χ4n) is 6.79. The molecule has 1 aromatic rings. The number of hydrogen-bond acceptors (Lipinski definition) is 10. The monoisotopic (exact) mass is 610 g/mol. The number of hydrogen-bond donors (Lipinski definition) is 5. The van der Waals surface area contributed by atoms with Crippen LogP contribution < -0.4 is 10.6 Å². The van der Waals surface area contributed by atoms with Crippen LogP contribution in [-0.2, 0) is 22.6 Å². The van der Waals surface area contributed by atoms with E-state index >= 15 is 0 Å². The molecule has 14 heteroatoms. The Balaban J connectivity index is 1.88. The highest BCUT2D eigenvalue weighted by atomic mass is 19.4. The number of carbonyl (C=O) groups is 3. The van der Waals surface area contributed by atoms with Crippen molar-refractivity contribution in [2.24, 2.45) is 17.6 Å². The number of rotatable bonds is 7. The number of phenolic OH excluding ortho intramolecular Hbond substituents is 1. The number of amides is 1. The predicted octanol–water partition coefficient (Wildman–Crippen LogP) is 1.96. The first kappa shape index (κ1) is 32.3. The van der Waals surface area contributed by atoms with Gasteiger partial charge in [0, 0.05) is 49.4 Å². The number of nitrogens with two attached hydrogens (primary N) is 1. The van der Waals surface area contributed by atoms with Gasteiger partial charge in [0.25, 0.3) is 5.91 Å². The van der Waals surface area contributed by atoms with Crippen molar-refractivity contribution in [2.75, 3.05) is 40.1 Å². The third kappa shape index (κ3) is 5.14. The number of aromatic hydroxyl groups is 1. The van der Waals surface area contributed by atoms with Crippen LogP contribution in [0.4, 0.5) is 18.9 Å². The molecule has 0 saturated carbocycles. The van der Waals surface area contributed by atoms with E-state index in [4.69, 9.17) is 5.73 Å². The van der Waals surface area contributed by atoms with Crippen LogP contribution in [0.2, 0.25) is 0 Å². The Labute approximate surface area is 246 Å². The lowest BCUT2D eigenvalue weighted by Crippen LogP contribution is -2.63. The first-order chi connectivity index (χ1) is 19.7. The Bertz CT molecular complexity index is 1450. The van der Waals surface area contributed by atoms with E-state index in [1.54, 1.807) is 39.2 Å². The maximum Gasteiger partial charge on any atom is 0.390 e. The molecule has 0 heterocycles. The van der Waals surface area contributed by atoms with E-state index in [1.807, 2.05) is 0 Å². The second-order valence-electron chi connectivity index (χ2n) is 12.2. The average Bonchev–Trinajstić information content (AvgIpc) is 2.86. The number of phenols is 1. The highest BCUT2D eigenvalue weighted by Crippen LogP contribution is 2.53. The summed E-state index contributed by atoms with van der Waals surface area (Å²) < 4.78 is 39.0. The van der Waals surface area contributed by atoms with Crippen LogP contribution in [0.5, 0.6) is 5.75 Å². The second-order valence-corrected chi connectivity index (χ2v) is 12.2. The van der Waals surface area contributed by atoms with Crippen molar-refractivity contribution in [3.8, 4) is 5.75 Å². The molecule has 4 rings (SSSR count). The minimum absolute atomic E-state index is 0.0567. The summed E-state index contributed by atoms with van der Waals surface area (Å²) in [6.45, 7) is 1.25. The normalized spacial score (nSPS) is 26.5. The Hall–Kier alpha value is -3.62. The fraction of sp³-hybridized carbons (Fsp3) is 0.552. The van der Waals surface area contributed by atoms with Crippen molar-refractivity contribution in [3.05, 3.63) is 45.4 Å². The van der Waals surface area contributed by atoms with Gasteiger partial charge >= 0.3 is 6.18 Å². The van der Waals surface area contributed by atoms with Crippen LogP contribution in [0.1, 0.15) is 41.3 Å². The number of carbonyl (C=O) groups excluding carboxylic acids is 3. The maximum absolute atomic E-state index is 14.1. The molecule has 0 bridgehead atoms. The Kier molecular flexibility index (Phi) is 8.13. The summed E-state index contributed by atoms with van der Waals surface area (Å²) in [6, 6.07) is -0.448. The zero-order valence-corrected chi connectivity index (χ0v) is 24.8. The number of aliphatic hydroxyl groups excluding tert-OH is 2. The second kappa shape index (κ2) is 10.8. The summed E-state index contributed by atoms with van der Waals surface area (Å²) >= 11 is 0. The van der Waals surface area contributed by atoms with Gasteiger partial charge < -0.3 is 31.1 Å². The third-order valence-corrected chi connectivity index (χ3v) is 8.96. The minimum atomic E-state index is -4.41. The van der Waals surface area contributed by atoms with E-state index < -0.39 is 82.4 Å². The molecule has 5 unspecified atom stereocenters. The zero-order valence-electron chi connectivity index (χ0n) is 24.8. The van der Waals surface area contributed by atoms with E-state index in [1.165, 1.54) is 23.8 Å². The largest absolute Gasteiger partial charge is 0.510 e. The molecule has 11 nitrogen and oxygen atoms in total. The topological polar surface area (TPSA) is 168 Å². The molecular formula is C29H37F3N4O7. The molecular weight excluding hydrogens is 573 g/mol. The third-order valence-electron chi connectivity index (χ3n) is 8.96. The van der Waals surface area contributed by atoms with Gasteiger partial charge in [0.05, 0.1) is 18.0 Å². The van der Waals surface area contributed by atoms with E-state index in [0.717, 1.165) is 0 Å². The van der Waals surface area contributed by atoms with Crippen molar-refractivity contribution in [3.63, 3.8) is 0 Å². The highest BCUT2D eigenvalue weighted by Gasteiger charge is 2.63. The number of alkyl halides is 3. The predicted molar refractivity (Wildman–Crippen MR) is 150 cm³/mol. The molecule has 5 atom stereocenters. The first-order valence-corrected chi connectivity index (χ1v) is 13.7. The first-order valence-electron chi connectivity index (χ1n) is 13.7. The number of anilines is 1. The van der Waals surface area contributed by atoms with Gasteiger partial charge in [-0.2, -0.15) is 13.2 Å². The van der Waals surface area contributed by atoms with Crippen LogP contribution in [0.3, 0.4) is 0 Å². The quantitative estimate of drug-likeness (QED) is 0.288. The smallest absolute Gasteiger partial charge is 0.390 e. The van der Waals surface area contributed by atoms with E-state index in [0.29, 0.717) is 11.3 Å². The molecule has 43 heavy (non-hydrogen) atoms. The van der Waals surface area contributed by atoms with Crippen LogP contribution in [0, 0.1) is 11.8 Å². The summed E-state index contributed by atoms with van der Waals surface area (Å²) in [5.41, 5.74) is 2.31. The van der Waals surface area contributed by atoms with Crippen molar-refractivity contribution in [1.29, 1.82) is 0 Å². The van der Waals surface area contributed by atoms with Crippen LogP contribution >= 0.6 is 0 Å². The lowest BCUT2D eigenvalue weighted by Gasteiger charge is -2.50. The molecule has 0 aromatic heterocycles. The lowest BCUT2D eigenvalue weighted by atomic mass is 9.58. The number of nitrogens with zero attached hydrogens (tertiary/aromatic N) is 3. The summed E-state index contributed by atoms with van der Waals surface area (Å²) in [7, 11) is 7.96. The summed E-state index contributed by atoms with van der Waals surface area (Å²) in [6.07, 6.45) is -5.46. The number of fused-ring (bicyclic) bond motifs is 3. The zero-order chi connectivity index (χ0) is 32.5. The fourth-order valence-corrected chi connectivity index (χ4v) is 6.79. The highest BCUT2D eigenvalue weighted by molar-refractivity contribution is 6.24. The van der Waals surface area contributed by atoms with Gasteiger partial charge in [-0.25, -0.2) is 0 Å². The van der Waals surface area contributed by atoms with Gasteiger partial charge in [0.1, 0.15) is 22.8 Å². The molecule has 0 fully saturated rings. The van der Waals surface area contributed by atoms with Gasteiger partial charge in [-0.05, 0) is 58.5 Å².